The summed E-state index contributed by atoms with van der Waals surface area (Å²) in [5, 5.41) is 3.44. The third-order valence-electron chi connectivity index (χ3n) is 4.75. The topological polar surface area (TPSA) is 21.3 Å². The first-order valence-corrected chi connectivity index (χ1v) is 7.92. The highest BCUT2D eigenvalue weighted by Crippen LogP contribution is 2.33. The zero-order valence-corrected chi connectivity index (χ0v) is 13.6. The number of aryl methyl sites for hydroxylation is 2. The lowest BCUT2D eigenvalue weighted by molar-refractivity contribution is 0.0744. The van der Waals surface area contributed by atoms with Crippen LogP contribution in [-0.4, -0.2) is 19.2 Å². The molecule has 1 aromatic carbocycles. The molecular weight excluding hydrogens is 246 g/mol. The molecule has 1 fully saturated rings. The van der Waals surface area contributed by atoms with Crippen molar-refractivity contribution in [3.8, 4) is 5.75 Å². The molecule has 1 aliphatic rings. The minimum atomic E-state index is 0.294. The van der Waals surface area contributed by atoms with Crippen LogP contribution in [0.15, 0.2) is 18.2 Å². The van der Waals surface area contributed by atoms with E-state index in [4.69, 9.17) is 4.74 Å². The van der Waals surface area contributed by atoms with E-state index in [1.165, 1.54) is 24.0 Å². The molecule has 3 unspecified atom stereocenters. The Morgan fingerprint density at radius 1 is 1.20 bits per heavy atom. The van der Waals surface area contributed by atoms with Gasteiger partial charge in [0.15, 0.2) is 0 Å². The third-order valence-corrected chi connectivity index (χ3v) is 4.75. The normalized spacial score (nSPS) is 26.8. The summed E-state index contributed by atoms with van der Waals surface area (Å²) in [6.45, 7) is 8.93. The van der Waals surface area contributed by atoms with Gasteiger partial charge in [-0.05, 0) is 63.6 Å². The number of hydrogen-bond acceptors (Lipinski definition) is 2. The second-order valence-corrected chi connectivity index (χ2v) is 6.64. The Morgan fingerprint density at radius 2 is 1.95 bits per heavy atom. The summed E-state index contributed by atoms with van der Waals surface area (Å²) in [6.07, 6.45) is 3.99. The molecule has 0 radical (unpaired) electrons. The van der Waals surface area contributed by atoms with Gasteiger partial charge >= 0.3 is 0 Å². The molecule has 2 heteroatoms. The summed E-state index contributed by atoms with van der Waals surface area (Å²) < 4.78 is 6.36. The van der Waals surface area contributed by atoms with Gasteiger partial charge in [-0.25, -0.2) is 0 Å². The molecule has 2 nitrogen and oxygen atoms in total. The van der Waals surface area contributed by atoms with E-state index in [2.05, 4.69) is 58.3 Å². The zero-order chi connectivity index (χ0) is 14.7. The summed E-state index contributed by atoms with van der Waals surface area (Å²) in [4.78, 5) is 0. The van der Waals surface area contributed by atoms with Gasteiger partial charge in [0.1, 0.15) is 11.9 Å². The van der Waals surface area contributed by atoms with Crippen LogP contribution < -0.4 is 10.1 Å². The predicted octanol–water partition coefficient (Wildman–Crippen LogP) is 4.09. The van der Waals surface area contributed by atoms with Crippen LogP contribution in [0.2, 0.25) is 0 Å². The predicted molar refractivity (Wildman–Crippen MR) is 85.4 cm³/mol. The minimum absolute atomic E-state index is 0.294. The van der Waals surface area contributed by atoms with Crippen molar-refractivity contribution in [2.45, 2.75) is 59.1 Å². The first-order valence-electron chi connectivity index (χ1n) is 7.92. The molecule has 0 saturated heterocycles. The number of benzene rings is 1. The second kappa shape index (κ2) is 6.62. The van der Waals surface area contributed by atoms with Crippen molar-refractivity contribution >= 4 is 0 Å². The molecule has 0 heterocycles. The van der Waals surface area contributed by atoms with Gasteiger partial charge in [-0.2, -0.15) is 0 Å². The third kappa shape index (κ3) is 3.54. The molecule has 1 aromatic rings. The summed E-state index contributed by atoms with van der Waals surface area (Å²) in [5.74, 6) is 2.58. The second-order valence-electron chi connectivity index (χ2n) is 6.64. The molecule has 0 aliphatic heterocycles. The standard InChI is InChI=1S/C18H29NO/c1-12(2)15-7-8-16(19-5)18(11-15)20-17-9-6-13(3)10-14(17)4/h6,9-10,12,15-16,18-19H,7-8,11H2,1-5H3. The molecule has 20 heavy (non-hydrogen) atoms. The van der Waals surface area contributed by atoms with Gasteiger partial charge in [0, 0.05) is 6.04 Å². The van der Waals surface area contributed by atoms with E-state index < -0.39 is 0 Å². The maximum absolute atomic E-state index is 6.36. The Bertz CT molecular complexity index is 441. The van der Waals surface area contributed by atoms with Crippen molar-refractivity contribution in [3.05, 3.63) is 29.3 Å². The smallest absolute Gasteiger partial charge is 0.122 e. The Morgan fingerprint density at radius 3 is 2.55 bits per heavy atom. The van der Waals surface area contributed by atoms with Crippen LogP contribution in [0.1, 0.15) is 44.2 Å². The molecular formula is C18H29NO. The molecule has 2 rings (SSSR count). The lowest BCUT2D eigenvalue weighted by Crippen LogP contribution is -2.46. The Labute approximate surface area is 123 Å². The molecule has 0 spiro atoms. The van der Waals surface area contributed by atoms with Crippen LogP contribution in [-0.2, 0) is 0 Å². The molecule has 0 amide bonds. The van der Waals surface area contributed by atoms with Crippen LogP contribution in [0.4, 0.5) is 0 Å². The molecule has 1 aliphatic carbocycles. The maximum atomic E-state index is 6.36. The van der Waals surface area contributed by atoms with Crippen LogP contribution in [0.5, 0.6) is 5.75 Å². The van der Waals surface area contributed by atoms with Crippen molar-refractivity contribution < 1.29 is 4.74 Å². The van der Waals surface area contributed by atoms with Crippen LogP contribution >= 0.6 is 0 Å². The van der Waals surface area contributed by atoms with Gasteiger partial charge in [-0.1, -0.05) is 31.5 Å². The summed E-state index contributed by atoms with van der Waals surface area (Å²) >= 11 is 0. The zero-order valence-electron chi connectivity index (χ0n) is 13.6. The van der Waals surface area contributed by atoms with E-state index in [1.807, 2.05) is 0 Å². The average molecular weight is 275 g/mol. The van der Waals surface area contributed by atoms with E-state index in [1.54, 1.807) is 0 Å². The van der Waals surface area contributed by atoms with Gasteiger partial charge in [-0.3, -0.25) is 0 Å². The fourth-order valence-electron chi connectivity index (χ4n) is 3.32. The van der Waals surface area contributed by atoms with Gasteiger partial charge in [0.2, 0.25) is 0 Å². The van der Waals surface area contributed by atoms with E-state index in [9.17, 15) is 0 Å². The molecule has 3 atom stereocenters. The summed E-state index contributed by atoms with van der Waals surface area (Å²) in [7, 11) is 2.05. The fourth-order valence-corrected chi connectivity index (χ4v) is 3.32. The summed E-state index contributed by atoms with van der Waals surface area (Å²) in [5.41, 5.74) is 2.54. The SMILES string of the molecule is CNC1CCC(C(C)C)CC1Oc1ccc(C)cc1C. The monoisotopic (exact) mass is 275 g/mol. The molecule has 1 saturated carbocycles. The summed E-state index contributed by atoms with van der Waals surface area (Å²) in [6, 6.07) is 6.94. The average Bonchev–Trinajstić information content (AvgIpc) is 2.41. The van der Waals surface area contributed by atoms with Crippen molar-refractivity contribution in [3.63, 3.8) is 0 Å². The lowest BCUT2D eigenvalue weighted by atomic mass is 9.78. The lowest BCUT2D eigenvalue weighted by Gasteiger charge is -2.38. The Hall–Kier alpha value is -1.02. The van der Waals surface area contributed by atoms with Crippen molar-refractivity contribution in [1.29, 1.82) is 0 Å². The highest BCUT2D eigenvalue weighted by Gasteiger charge is 2.32. The largest absolute Gasteiger partial charge is 0.489 e. The van der Waals surface area contributed by atoms with Crippen molar-refractivity contribution in [1.82, 2.24) is 5.32 Å². The maximum Gasteiger partial charge on any atom is 0.122 e. The number of ether oxygens (including phenoxy) is 1. The van der Waals surface area contributed by atoms with E-state index in [0.29, 0.717) is 12.1 Å². The molecule has 0 bridgehead atoms. The van der Waals surface area contributed by atoms with E-state index in [-0.39, 0.29) is 0 Å². The van der Waals surface area contributed by atoms with Gasteiger partial charge < -0.3 is 10.1 Å². The van der Waals surface area contributed by atoms with Gasteiger partial charge in [-0.15, -0.1) is 0 Å². The highest BCUT2D eigenvalue weighted by atomic mass is 16.5. The quantitative estimate of drug-likeness (QED) is 0.893. The highest BCUT2D eigenvalue weighted by molar-refractivity contribution is 5.35. The minimum Gasteiger partial charge on any atom is -0.489 e. The Balaban J connectivity index is 2.11. The Kier molecular flexibility index (Phi) is 5.09. The van der Waals surface area contributed by atoms with Crippen molar-refractivity contribution in [2.75, 3.05) is 7.05 Å². The fraction of sp³-hybridized carbons (Fsp3) is 0.667. The first kappa shape index (κ1) is 15.4. The number of likely N-dealkylation sites (N-methyl/N-ethyl adjacent to an activating group) is 1. The number of nitrogens with one attached hydrogen (secondary N) is 1. The first-order chi connectivity index (χ1) is 9.51. The van der Waals surface area contributed by atoms with Crippen LogP contribution in [0, 0.1) is 25.7 Å². The van der Waals surface area contributed by atoms with E-state index in [0.717, 1.165) is 24.0 Å². The molecule has 1 N–H and O–H groups in total. The van der Waals surface area contributed by atoms with Crippen LogP contribution in [0.3, 0.4) is 0 Å². The van der Waals surface area contributed by atoms with Crippen molar-refractivity contribution in [2.24, 2.45) is 11.8 Å². The number of rotatable bonds is 4. The van der Waals surface area contributed by atoms with Gasteiger partial charge in [0.05, 0.1) is 0 Å². The van der Waals surface area contributed by atoms with Crippen LogP contribution in [0.25, 0.3) is 0 Å². The molecule has 112 valence electrons. The number of hydrogen-bond donors (Lipinski definition) is 1. The van der Waals surface area contributed by atoms with Gasteiger partial charge in [0.25, 0.3) is 0 Å². The molecule has 0 aromatic heterocycles. The van der Waals surface area contributed by atoms with E-state index >= 15 is 0 Å².